The van der Waals surface area contributed by atoms with E-state index in [4.69, 9.17) is 4.42 Å². The smallest absolute Gasteiger partial charge is 0.115 e. The molecule has 0 atom stereocenters. The lowest BCUT2D eigenvalue weighted by Gasteiger charge is -2.28. The van der Waals surface area contributed by atoms with Gasteiger partial charge in [0.1, 0.15) is 11.5 Å². The highest BCUT2D eigenvalue weighted by Gasteiger charge is 2.30. The molecule has 0 spiro atoms. The van der Waals surface area contributed by atoms with Crippen molar-refractivity contribution in [3.63, 3.8) is 0 Å². The van der Waals surface area contributed by atoms with Crippen molar-refractivity contribution in [2.24, 2.45) is 0 Å². The Morgan fingerprint density at radius 3 is 2.92 bits per heavy atom. The van der Waals surface area contributed by atoms with E-state index < -0.39 is 0 Å². The van der Waals surface area contributed by atoms with Crippen LogP contribution in [-0.2, 0) is 12.0 Å². The zero-order valence-electron chi connectivity index (χ0n) is 7.90. The zero-order chi connectivity index (χ0) is 8.77. The summed E-state index contributed by atoms with van der Waals surface area (Å²) in [5.41, 5.74) is 1.48. The Balaban J connectivity index is 2.51. The van der Waals surface area contributed by atoms with Gasteiger partial charge in [-0.15, -0.1) is 0 Å². The van der Waals surface area contributed by atoms with Gasteiger partial charge in [-0.2, -0.15) is 0 Å². The molecule has 1 aromatic rings. The van der Waals surface area contributed by atoms with Crippen LogP contribution in [0.2, 0.25) is 0 Å². The third kappa shape index (κ3) is 1.07. The first kappa shape index (κ1) is 7.87. The molecule has 1 aromatic heterocycles. The van der Waals surface area contributed by atoms with E-state index in [1.165, 1.54) is 11.3 Å². The quantitative estimate of drug-likeness (QED) is 0.635. The average molecular weight is 165 g/mol. The van der Waals surface area contributed by atoms with Gasteiger partial charge in [-0.25, -0.2) is 0 Å². The Hall–Kier alpha value is -0.760. The van der Waals surface area contributed by atoms with Crippen molar-refractivity contribution in [2.45, 2.75) is 32.7 Å². The molecule has 66 valence electrons. The third-order valence-corrected chi connectivity index (χ3v) is 2.43. The monoisotopic (exact) mass is 165 g/mol. The molecule has 1 aliphatic rings. The molecule has 0 unspecified atom stereocenters. The van der Waals surface area contributed by atoms with Gasteiger partial charge in [0.2, 0.25) is 0 Å². The highest BCUT2D eigenvalue weighted by Crippen LogP contribution is 2.31. The fourth-order valence-electron chi connectivity index (χ4n) is 1.86. The van der Waals surface area contributed by atoms with E-state index in [0.29, 0.717) is 0 Å². The molecule has 2 heteroatoms. The molecule has 2 heterocycles. The molecular formula is C10H15NO. The van der Waals surface area contributed by atoms with Gasteiger partial charge in [-0.3, -0.25) is 0 Å². The summed E-state index contributed by atoms with van der Waals surface area (Å²) in [4.78, 5) is 0. The lowest BCUT2D eigenvalue weighted by atomic mass is 9.85. The van der Waals surface area contributed by atoms with Gasteiger partial charge >= 0.3 is 0 Å². The van der Waals surface area contributed by atoms with E-state index in [2.05, 4.69) is 25.2 Å². The number of fused-ring (bicyclic) bond motifs is 1. The van der Waals surface area contributed by atoms with Crippen LogP contribution in [0.25, 0.3) is 0 Å². The molecular weight excluding hydrogens is 150 g/mol. The van der Waals surface area contributed by atoms with Crippen LogP contribution in [-0.4, -0.2) is 6.54 Å². The first-order valence-electron chi connectivity index (χ1n) is 4.40. The summed E-state index contributed by atoms with van der Waals surface area (Å²) in [5, 5.41) is 3.38. The maximum absolute atomic E-state index is 5.68. The predicted octanol–water partition coefficient (Wildman–Crippen LogP) is 1.97. The molecule has 0 aromatic carbocycles. The zero-order valence-corrected chi connectivity index (χ0v) is 7.90. The van der Waals surface area contributed by atoms with E-state index in [0.717, 1.165) is 18.8 Å². The number of hydrogen-bond donors (Lipinski definition) is 1. The van der Waals surface area contributed by atoms with Crippen molar-refractivity contribution in [1.29, 1.82) is 0 Å². The molecule has 2 rings (SSSR count). The second-order valence-electron chi connectivity index (χ2n) is 4.20. The Labute approximate surface area is 73.0 Å². The van der Waals surface area contributed by atoms with Crippen LogP contribution >= 0.6 is 0 Å². The first-order chi connectivity index (χ1) is 5.59. The van der Waals surface area contributed by atoms with Crippen molar-refractivity contribution in [2.75, 3.05) is 6.54 Å². The van der Waals surface area contributed by atoms with Gasteiger partial charge in [0.15, 0.2) is 0 Å². The van der Waals surface area contributed by atoms with Crippen LogP contribution in [0.3, 0.4) is 0 Å². The van der Waals surface area contributed by atoms with Gasteiger partial charge in [0.25, 0.3) is 0 Å². The number of furan rings is 1. The van der Waals surface area contributed by atoms with Crippen molar-refractivity contribution >= 4 is 0 Å². The molecule has 0 saturated heterocycles. The van der Waals surface area contributed by atoms with Crippen molar-refractivity contribution in [3.05, 3.63) is 23.2 Å². The number of aryl methyl sites for hydroxylation is 1. The Kier molecular flexibility index (Phi) is 1.55. The van der Waals surface area contributed by atoms with Crippen LogP contribution < -0.4 is 5.32 Å². The summed E-state index contributed by atoms with van der Waals surface area (Å²) in [5.74, 6) is 2.19. The summed E-state index contributed by atoms with van der Waals surface area (Å²) < 4.78 is 5.68. The van der Waals surface area contributed by atoms with Gasteiger partial charge < -0.3 is 9.73 Å². The minimum Gasteiger partial charge on any atom is -0.465 e. The molecule has 0 amide bonds. The minimum atomic E-state index is 0.155. The highest BCUT2D eigenvalue weighted by atomic mass is 16.3. The summed E-state index contributed by atoms with van der Waals surface area (Å²) >= 11 is 0. The Bertz CT molecular complexity index is 299. The number of hydrogen-bond acceptors (Lipinski definition) is 2. The standard InChI is InChI=1S/C10H15NO/c1-7-4-8-5-11-6-10(2,3)9(8)12-7/h4,11H,5-6H2,1-3H3. The molecule has 1 N–H and O–H groups in total. The summed E-state index contributed by atoms with van der Waals surface area (Å²) in [6.45, 7) is 8.39. The summed E-state index contributed by atoms with van der Waals surface area (Å²) in [6, 6.07) is 2.13. The SMILES string of the molecule is Cc1cc2c(o1)C(C)(C)CNC2. The molecule has 0 fully saturated rings. The second-order valence-corrected chi connectivity index (χ2v) is 4.20. The van der Waals surface area contributed by atoms with Crippen LogP contribution in [0.5, 0.6) is 0 Å². The largest absolute Gasteiger partial charge is 0.465 e. The van der Waals surface area contributed by atoms with Gasteiger partial charge in [0, 0.05) is 24.1 Å². The lowest BCUT2D eigenvalue weighted by Crippen LogP contribution is -2.37. The van der Waals surface area contributed by atoms with E-state index in [1.54, 1.807) is 0 Å². The Morgan fingerprint density at radius 1 is 1.50 bits per heavy atom. The number of rotatable bonds is 0. The van der Waals surface area contributed by atoms with Crippen molar-refractivity contribution < 1.29 is 4.42 Å². The number of nitrogens with one attached hydrogen (secondary N) is 1. The molecule has 0 aliphatic carbocycles. The molecule has 0 radical (unpaired) electrons. The van der Waals surface area contributed by atoms with Crippen LogP contribution in [0.1, 0.15) is 30.9 Å². The summed E-state index contributed by atoms with van der Waals surface area (Å²) in [7, 11) is 0. The van der Waals surface area contributed by atoms with Gasteiger partial charge in [-0.05, 0) is 13.0 Å². The van der Waals surface area contributed by atoms with E-state index in [1.807, 2.05) is 6.92 Å². The van der Waals surface area contributed by atoms with Crippen molar-refractivity contribution in [3.8, 4) is 0 Å². The molecule has 0 saturated carbocycles. The maximum Gasteiger partial charge on any atom is 0.115 e. The van der Waals surface area contributed by atoms with Gasteiger partial charge in [0.05, 0.1) is 0 Å². The first-order valence-corrected chi connectivity index (χ1v) is 4.40. The maximum atomic E-state index is 5.68. The van der Waals surface area contributed by atoms with Gasteiger partial charge in [-0.1, -0.05) is 13.8 Å². The van der Waals surface area contributed by atoms with Crippen LogP contribution in [0, 0.1) is 6.92 Å². The lowest BCUT2D eigenvalue weighted by molar-refractivity contribution is 0.333. The molecule has 2 nitrogen and oxygen atoms in total. The van der Waals surface area contributed by atoms with E-state index in [9.17, 15) is 0 Å². The highest BCUT2D eigenvalue weighted by molar-refractivity contribution is 5.29. The van der Waals surface area contributed by atoms with E-state index >= 15 is 0 Å². The minimum absolute atomic E-state index is 0.155. The molecule has 12 heavy (non-hydrogen) atoms. The molecule has 1 aliphatic heterocycles. The normalized spacial score (nSPS) is 20.6. The van der Waals surface area contributed by atoms with Crippen LogP contribution in [0.15, 0.2) is 10.5 Å². The Morgan fingerprint density at radius 2 is 2.25 bits per heavy atom. The fourth-order valence-corrected chi connectivity index (χ4v) is 1.86. The fraction of sp³-hybridized carbons (Fsp3) is 0.600. The third-order valence-electron chi connectivity index (χ3n) is 2.43. The summed E-state index contributed by atoms with van der Waals surface area (Å²) in [6.07, 6.45) is 0. The molecule has 0 bridgehead atoms. The van der Waals surface area contributed by atoms with E-state index in [-0.39, 0.29) is 5.41 Å². The topological polar surface area (TPSA) is 25.2 Å². The predicted molar refractivity (Wildman–Crippen MR) is 48.2 cm³/mol. The second kappa shape index (κ2) is 2.36. The van der Waals surface area contributed by atoms with Crippen LogP contribution in [0.4, 0.5) is 0 Å². The average Bonchev–Trinajstić information content (AvgIpc) is 2.30. The van der Waals surface area contributed by atoms with Crippen molar-refractivity contribution in [1.82, 2.24) is 5.32 Å².